The van der Waals surface area contributed by atoms with Crippen LogP contribution >= 0.6 is 11.8 Å². The third kappa shape index (κ3) is 5.05. The highest BCUT2D eigenvalue weighted by Gasteiger charge is 2.54. The molecule has 0 aromatic carbocycles. The number of aliphatic carboxylic acids is 1. The Morgan fingerprint density at radius 1 is 1.36 bits per heavy atom. The summed E-state index contributed by atoms with van der Waals surface area (Å²) in [6.45, 7) is 3.14. The molecule has 2 amide bonds. The predicted molar refractivity (Wildman–Crippen MR) is 103 cm³/mol. The fraction of sp³-hybridized carbons (Fsp3) is 0.667. The van der Waals surface area contributed by atoms with Crippen LogP contribution in [0.1, 0.15) is 46.0 Å². The summed E-state index contributed by atoms with van der Waals surface area (Å²) >= 11 is 1.32. The molecular weight excluding hydrogens is 386 g/mol. The van der Waals surface area contributed by atoms with E-state index in [2.05, 4.69) is 12.2 Å². The number of carbonyl (C=O) groups is 4. The summed E-state index contributed by atoms with van der Waals surface area (Å²) in [4.78, 5) is 48.6. The van der Waals surface area contributed by atoms with Crippen molar-refractivity contribution >= 4 is 35.5 Å². The minimum Gasteiger partial charge on any atom is -0.477 e. The number of hydrogen-bond acceptors (Lipinski definition) is 7. The lowest BCUT2D eigenvalue weighted by molar-refractivity contribution is -0.151. The lowest BCUT2D eigenvalue weighted by atomic mass is 10.0. The number of unbranched alkanes of at least 4 members (excludes halogenated alkanes) is 3. The molecular formula is C18H27N3O6S. The fourth-order valence-corrected chi connectivity index (χ4v) is 4.49. The first kappa shape index (κ1) is 22.2. The van der Waals surface area contributed by atoms with Crippen LogP contribution in [-0.4, -0.2) is 63.6 Å². The van der Waals surface area contributed by atoms with E-state index in [9.17, 15) is 24.3 Å². The summed E-state index contributed by atoms with van der Waals surface area (Å²) in [7, 11) is 0. The number of thioether (sulfide) groups is 1. The van der Waals surface area contributed by atoms with Gasteiger partial charge in [0.15, 0.2) is 0 Å². The Kier molecular flexibility index (Phi) is 7.88. The van der Waals surface area contributed by atoms with Gasteiger partial charge in [0.1, 0.15) is 23.7 Å². The van der Waals surface area contributed by atoms with E-state index in [1.807, 2.05) is 0 Å². The van der Waals surface area contributed by atoms with Crippen LogP contribution in [0, 0.1) is 0 Å². The zero-order valence-electron chi connectivity index (χ0n) is 16.1. The summed E-state index contributed by atoms with van der Waals surface area (Å²) in [5.74, 6) is -2.41. The number of amides is 2. The molecule has 0 aromatic rings. The van der Waals surface area contributed by atoms with Crippen LogP contribution in [0.2, 0.25) is 0 Å². The first-order valence-electron chi connectivity index (χ1n) is 9.37. The summed E-state index contributed by atoms with van der Waals surface area (Å²) in [5.41, 5.74) is 6.09. The SMILES string of the molecule is CCCCCCC(N)C(=O)N[C@@H]1C(=O)N2C(C(=O)O)=C(COC(C)=O)CS[C@H]12. The second kappa shape index (κ2) is 9.92. The average molecular weight is 413 g/mol. The first-order valence-corrected chi connectivity index (χ1v) is 10.4. The number of carbonyl (C=O) groups excluding carboxylic acids is 3. The highest BCUT2D eigenvalue weighted by molar-refractivity contribution is 8.00. The molecule has 10 heteroatoms. The van der Waals surface area contributed by atoms with Crippen molar-refractivity contribution in [3.63, 3.8) is 0 Å². The third-order valence-corrected chi connectivity index (χ3v) is 6.04. The number of ether oxygens (including phenoxy) is 1. The highest BCUT2D eigenvalue weighted by atomic mass is 32.2. The number of carboxylic acids is 1. The van der Waals surface area contributed by atoms with Crippen LogP contribution in [0.15, 0.2) is 11.3 Å². The van der Waals surface area contributed by atoms with E-state index in [1.54, 1.807) is 0 Å². The van der Waals surface area contributed by atoms with Crippen LogP contribution < -0.4 is 11.1 Å². The fourth-order valence-electron chi connectivity index (χ4n) is 3.17. The summed E-state index contributed by atoms with van der Waals surface area (Å²) < 4.78 is 4.88. The molecule has 28 heavy (non-hydrogen) atoms. The van der Waals surface area contributed by atoms with Gasteiger partial charge in [-0.3, -0.25) is 19.3 Å². The van der Waals surface area contributed by atoms with E-state index in [0.717, 1.165) is 30.6 Å². The van der Waals surface area contributed by atoms with Gasteiger partial charge in [-0.1, -0.05) is 32.6 Å². The summed E-state index contributed by atoms with van der Waals surface area (Å²) in [5, 5.41) is 11.7. The van der Waals surface area contributed by atoms with Gasteiger partial charge < -0.3 is 20.9 Å². The number of nitrogens with one attached hydrogen (secondary N) is 1. The first-order chi connectivity index (χ1) is 13.3. The molecule has 9 nitrogen and oxygen atoms in total. The molecule has 2 heterocycles. The summed E-state index contributed by atoms with van der Waals surface area (Å²) in [6, 6.07) is -1.50. The van der Waals surface area contributed by atoms with Gasteiger partial charge in [0, 0.05) is 18.2 Å². The van der Waals surface area contributed by atoms with E-state index < -0.39 is 41.2 Å². The molecule has 0 radical (unpaired) electrons. The zero-order chi connectivity index (χ0) is 20.8. The molecule has 0 aromatic heterocycles. The Bertz CT molecular complexity index is 680. The molecule has 2 aliphatic heterocycles. The third-order valence-electron chi connectivity index (χ3n) is 4.70. The topological polar surface area (TPSA) is 139 Å². The molecule has 0 spiro atoms. The molecule has 0 saturated carbocycles. The van der Waals surface area contributed by atoms with Gasteiger partial charge in [0.25, 0.3) is 5.91 Å². The molecule has 156 valence electrons. The Hall–Kier alpha value is -2.07. The molecule has 3 atom stereocenters. The Morgan fingerprint density at radius 2 is 2.07 bits per heavy atom. The number of fused-ring (bicyclic) bond motifs is 1. The van der Waals surface area contributed by atoms with Crippen molar-refractivity contribution in [2.45, 2.75) is 63.4 Å². The predicted octanol–water partition coefficient (Wildman–Crippen LogP) is 0.586. The van der Waals surface area contributed by atoms with Crippen LogP contribution in [-0.2, 0) is 23.9 Å². The second-order valence-corrected chi connectivity index (χ2v) is 7.99. The maximum atomic E-state index is 12.5. The van der Waals surface area contributed by atoms with Crippen LogP contribution in [0.4, 0.5) is 0 Å². The lowest BCUT2D eigenvalue weighted by Gasteiger charge is -2.49. The van der Waals surface area contributed by atoms with Crippen molar-refractivity contribution in [1.29, 1.82) is 0 Å². The van der Waals surface area contributed by atoms with Crippen molar-refractivity contribution in [1.82, 2.24) is 10.2 Å². The molecule has 1 saturated heterocycles. The van der Waals surface area contributed by atoms with Crippen LogP contribution in [0.3, 0.4) is 0 Å². The number of nitrogens with zero attached hydrogens (tertiary/aromatic N) is 1. The van der Waals surface area contributed by atoms with Gasteiger partial charge >= 0.3 is 11.9 Å². The smallest absolute Gasteiger partial charge is 0.352 e. The molecule has 1 fully saturated rings. The van der Waals surface area contributed by atoms with E-state index in [1.165, 1.54) is 18.7 Å². The molecule has 2 aliphatic rings. The van der Waals surface area contributed by atoms with Gasteiger partial charge in [-0.25, -0.2) is 4.79 Å². The van der Waals surface area contributed by atoms with E-state index in [4.69, 9.17) is 10.5 Å². The van der Waals surface area contributed by atoms with Crippen LogP contribution in [0.5, 0.6) is 0 Å². The molecule has 2 rings (SSSR count). The molecule has 4 N–H and O–H groups in total. The van der Waals surface area contributed by atoms with E-state index in [0.29, 0.717) is 17.7 Å². The van der Waals surface area contributed by atoms with Crippen molar-refractivity contribution in [3.05, 3.63) is 11.3 Å². The molecule has 0 aliphatic carbocycles. The number of esters is 1. The largest absolute Gasteiger partial charge is 0.477 e. The van der Waals surface area contributed by atoms with Crippen molar-refractivity contribution < 1.29 is 29.0 Å². The molecule has 0 bridgehead atoms. The van der Waals surface area contributed by atoms with Gasteiger partial charge in [-0.2, -0.15) is 0 Å². The van der Waals surface area contributed by atoms with Crippen molar-refractivity contribution in [2.24, 2.45) is 5.73 Å². The zero-order valence-corrected chi connectivity index (χ0v) is 16.9. The van der Waals surface area contributed by atoms with E-state index in [-0.39, 0.29) is 12.3 Å². The Balaban J connectivity index is 1.98. The normalized spacial score (nSPS) is 22.2. The quantitative estimate of drug-likeness (QED) is 0.269. The van der Waals surface area contributed by atoms with Gasteiger partial charge in [-0.05, 0) is 6.42 Å². The standard InChI is InChI=1S/C18H27N3O6S/c1-3-4-5-6-7-12(19)15(23)20-13-16(24)21-14(18(25)26)11(8-27-10(2)22)9-28-17(13)21/h12-13,17H,3-9,19H2,1-2H3,(H,20,23)(H,25,26)/t12?,13-,17-/m1/s1. The average Bonchev–Trinajstić information content (AvgIpc) is 2.66. The van der Waals surface area contributed by atoms with Gasteiger partial charge in [-0.15, -0.1) is 11.8 Å². The number of β-lactam (4-membered cyclic amide) rings is 1. The highest BCUT2D eigenvalue weighted by Crippen LogP contribution is 2.40. The number of carboxylic acid groups (broad SMARTS) is 1. The van der Waals surface area contributed by atoms with Crippen molar-refractivity contribution in [3.8, 4) is 0 Å². The minimum atomic E-state index is -1.27. The monoisotopic (exact) mass is 413 g/mol. The maximum absolute atomic E-state index is 12.5. The van der Waals surface area contributed by atoms with Gasteiger partial charge in [0.2, 0.25) is 5.91 Å². The van der Waals surface area contributed by atoms with Crippen molar-refractivity contribution in [2.75, 3.05) is 12.4 Å². The molecule has 1 unspecified atom stereocenters. The Labute approximate surface area is 168 Å². The lowest BCUT2D eigenvalue weighted by Crippen LogP contribution is -2.71. The maximum Gasteiger partial charge on any atom is 0.352 e. The number of nitrogens with two attached hydrogens (primary N) is 1. The minimum absolute atomic E-state index is 0.177. The van der Waals surface area contributed by atoms with E-state index >= 15 is 0 Å². The van der Waals surface area contributed by atoms with Crippen LogP contribution in [0.25, 0.3) is 0 Å². The number of hydrogen-bond donors (Lipinski definition) is 3. The number of rotatable bonds is 10. The Morgan fingerprint density at radius 3 is 2.68 bits per heavy atom. The second-order valence-electron chi connectivity index (χ2n) is 6.89. The summed E-state index contributed by atoms with van der Waals surface area (Å²) in [6.07, 6.45) is 4.57. The van der Waals surface area contributed by atoms with Gasteiger partial charge in [0.05, 0.1) is 6.04 Å².